The first kappa shape index (κ1) is 17.5. The zero-order chi connectivity index (χ0) is 14.8. The number of hydroxylamine groups is 2. The summed E-state index contributed by atoms with van der Waals surface area (Å²) in [6.45, 7) is 0.589. The van der Waals surface area contributed by atoms with E-state index >= 15 is 0 Å². The molecule has 2 aliphatic rings. The second-order valence-electron chi connectivity index (χ2n) is 5.96. The Morgan fingerprint density at radius 1 is 1.14 bits per heavy atom. The number of nitrogens with two attached hydrogens (primary N) is 1. The molecular weight excluding hydrogens is 323 g/mol. The van der Waals surface area contributed by atoms with Crippen LogP contribution in [0, 0.1) is 5.92 Å². The number of amides is 1. The average molecular weight is 345 g/mol. The maximum Gasteiger partial charge on any atom is 0.249 e. The zero-order valence-electron chi connectivity index (χ0n) is 12.4. The van der Waals surface area contributed by atoms with Gasteiger partial charge in [0.05, 0.1) is 12.6 Å². The fourth-order valence-corrected chi connectivity index (χ4v) is 3.35. The van der Waals surface area contributed by atoms with Crippen LogP contribution in [0.3, 0.4) is 0 Å². The van der Waals surface area contributed by atoms with Gasteiger partial charge in [0, 0.05) is 23.4 Å². The molecule has 22 heavy (non-hydrogen) atoms. The Balaban J connectivity index is 0.00000176. The van der Waals surface area contributed by atoms with Crippen molar-refractivity contribution in [3.05, 3.63) is 34.9 Å². The highest BCUT2D eigenvalue weighted by Gasteiger charge is 2.36. The second-order valence-corrected chi connectivity index (χ2v) is 6.40. The molecule has 122 valence electrons. The lowest BCUT2D eigenvalue weighted by Gasteiger charge is -2.30. The third-order valence-corrected chi connectivity index (χ3v) is 4.75. The molecule has 0 bridgehead atoms. The van der Waals surface area contributed by atoms with E-state index in [2.05, 4.69) is 0 Å². The van der Waals surface area contributed by atoms with Gasteiger partial charge < -0.3 is 5.73 Å². The van der Waals surface area contributed by atoms with Crippen molar-refractivity contribution in [1.82, 2.24) is 5.06 Å². The quantitative estimate of drug-likeness (QED) is 0.893. The number of hydrogen-bond acceptors (Lipinski definition) is 3. The van der Waals surface area contributed by atoms with Gasteiger partial charge in [-0.2, -0.15) is 0 Å². The predicted octanol–water partition coefficient (Wildman–Crippen LogP) is 3.48. The van der Waals surface area contributed by atoms with Gasteiger partial charge in [0.2, 0.25) is 5.91 Å². The Bertz CT molecular complexity index is 501. The third-order valence-electron chi connectivity index (χ3n) is 4.50. The van der Waals surface area contributed by atoms with Gasteiger partial charge in [0.25, 0.3) is 0 Å². The lowest BCUT2D eigenvalue weighted by atomic mass is 9.85. The Morgan fingerprint density at radius 2 is 1.77 bits per heavy atom. The molecule has 1 aliphatic heterocycles. The minimum atomic E-state index is 0. The summed E-state index contributed by atoms with van der Waals surface area (Å²) < 4.78 is 0. The highest BCUT2D eigenvalue weighted by Crippen LogP contribution is 2.34. The van der Waals surface area contributed by atoms with Crippen LogP contribution in [0.4, 0.5) is 0 Å². The second kappa shape index (κ2) is 7.64. The first-order valence-electron chi connectivity index (χ1n) is 7.62. The molecule has 6 heteroatoms. The molecule has 1 amide bonds. The Kier molecular flexibility index (Phi) is 6.09. The fraction of sp³-hybridized carbons (Fsp3) is 0.562. The van der Waals surface area contributed by atoms with Gasteiger partial charge in [-0.3, -0.25) is 9.63 Å². The molecule has 2 fully saturated rings. The van der Waals surface area contributed by atoms with E-state index in [-0.39, 0.29) is 36.3 Å². The molecule has 1 atom stereocenters. The molecular formula is C16H22Cl2N2O2. The zero-order valence-corrected chi connectivity index (χ0v) is 14.0. The minimum Gasteiger partial charge on any atom is -0.328 e. The Labute approximate surface area is 142 Å². The molecule has 0 radical (unpaired) electrons. The van der Waals surface area contributed by atoms with Gasteiger partial charge in [-0.15, -0.1) is 12.4 Å². The summed E-state index contributed by atoms with van der Waals surface area (Å²) in [5.74, 6) is 0.164. The maximum atomic E-state index is 12.7. The van der Waals surface area contributed by atoms with Crippen molar-refractivity contribution >= 4 is 29.9 Å². The van der Waals surface area contributed by atoms with Crippen LogP contribution < -0.4 is 5.73 Å². The molecule has 2 N–H and O–H groups in total. The Morgan fingerprint density at radius 3 is 2.41 bits per heavy atom. The van der Waals surface area contributed by atoms with E-state index in [9.17, 15) is 4.79 Å². The van der Waals surface area contributed by atoms with Crippen molar-refractivity contribution in [3.8, 4) is 0 Å². The Hall–Kier alpha value is -0.810. The van der Waals surface area contributed by atoms with Crippen LogP contribution in [-0.2, 0) is 9.63 Å². The van der Waals surface area contributed by atoms with E-state index in [0.717, 1.165) is 37.7 Å². The lowest BCUT2D eigenvalue weighted by molar-refractivity contribution is -0.182. The van der Waals surface area contributed by atoms with E-state index in [0.29, 0.717) is 11.6 Å². The summed E-state index contributed by atoms with van der Waals surface area (Å²) in [5.41, 5.74) is 7.00. The van der Waals surface area contributed by atoms with Gasteiger partial charge in [-0.05, 0) is 43.4 Å². The summed E-state index contributed by atoms with van der Waals surface area (Å²) >= 11 is 5.93. The molecule has 0 unspecified atom stereocenters. The van der Waals surface area contributed by atoms with Crippen molar-refractivity contribution < 1.29 is 9.63 Å². The number of carbonyl (C=O) groups excluding carboxylic acids is 1. The fourth-order valence-electron chi connectivity index (χ4n) is 3.22. The minimum absolute atomic E-state index is 0. The van der Waals surface area contributed by atoms with Crippen molar-refractivity contribution in [1.29, 1.82) is 0 Å². The molecule has 4 nitrogen and oxygen atoms in total. The smallest absolute Gasteiger partial charge is 0.249 e. The van der Waals surface area contributed by atoms with Gasteiger partial charge in [-0.25, -0.2) is 5.06 Å². The monoisotopic (exact) mass is 344 g/mol. The topological polar surface area (TPSA) is 55.6 Å². The summed E-state index contributed by atoms with van der Waals surface area (Å²) in [5, 5.41) is 2.29. The maximum absolute atomic E-state index is 12.7. The highest BCUT2D eigenvalue weighted by atomic mass is 35.5. The van der Waals surface area contributed by atoms with Crippen LogP contribution in [0.15, 0.2) is 24.3 Å². The molecule has 0 spiro atoms. The number of rotatable bonds is 2. The summed E-state index contributed by atoms with van der Waals surface area (Å²) in [4.78, 5) is 18.3. The summed E-state index contributed by atoms with van der Waals surface area (Å²) in [7, 11) is 0. The van der Waals surface area contributed by atoms with Crippen LogP contribution in [0.5, 0.6) is 0 Å². The number of nitrogens with zero attached hydrogens (tertiary/aromatic N) is 1. The van der Waals surface area contributed by atoms with E-state index in [1.807, 2.05) is 24.3 Å². The molecule has 1 aromatic carbocycles. The number of halogens is 2. The first-order valence-corrected chi connectivity index (χ1v) is 8.00. The van der Waals surface area contributed by atoms with Crippen LogP contribution >= 0.6 is 24.0 Å². The number of hydrogen-bond donors (Lipinski definition) is 1. The molecule has 1 aliphatic carbocycles. The van der Waals surface area contributed by atoms with Crippen molar-refractivity contribution in [3.63, 3.8) is 0 Å². The van der Waals surface area contributed by atoms with Gasteiger partial charge in [-0.1, -0.05) is 23.7 Å². The summed E-state index contributed by atoms with van der Waals surface area (Å²) in [6, 6.07) is 7.91. The van der Waals surface area contributed by atoms with E-state index in [4.69, 9.17) is 22.2 Å². The molecule has 1 saturated carbocycles. The van der Waals surface area contributed by atoms with E-state index in [1.54, 1.807) is 5.06 Å². The third kappa shape index (κ3) is 3.74. The van der Waals surface area contributed by atoms with Crippen LogP contribution in [0.2, 0.25) is 5.02 Å². The van der Waals surface area contributed by atoms with Crippen LogP contribution in [0.25, 0.3) is 0 Å². The first-order chi connectivity index (χ1) is 10.1. The molecule has 3 rings (SSSR count). The van der Waals surface area contributed by atoms with E-state index in [1.165, 1.54) is 0 Å². The highest BCUT2D eigenvalue weighted by molar-refractivity contribution is 6.30. The van der Waals surface area contributed by atoms with Gasteiger partial charge in [0.15, 0.2) is 0 Å². The summed E-state index contributed by atoms with van der Waals surface area (Å²) in [6.07, 6.45) is 4.42. The standard InChI is InChI=1S/C16H21ClN2O2.ClH/c17-13-5-1-11(2-6-13)15-9-10-21-19(15)16(20)12-3-7-14(18)8-4-12;/h1-2,5-6,12,14-15H,3-4,7-10,18H2;1H/t12-,14+,15-;/m0./s1. The molecule has 1 aromatic rings. The lowest BCUT2D eigenvalue weighted by Crippen LogP contribution is -2.38. The molecule has 1 heterocycles. The molecule has 1 saturated heterocycles. The predicted molar refractivity (Wildman–Crippen MR) is 88.8 cm³/mol. The van der Waals surface area contributed by atoms with Gasteiger partial charge in [0.1, 0.15) is 0 Å². The van der Waals surface area contributed by atoms with Crippen LogP contribution in [0.1, 0.15) is 43.7 Å². The average Bonchev–Trinajstić information content (AvgIpc) is 2.97. The normalized spacial score (nSPS) is 28.3. The number of carbonyl (C=O) groups is 1. The van der Waals surface area contributed by atoms with Crippen molar-refractivity contribution in [2.75, 3.05) is 6.61 Å². The number of benzene rings is 1. The van der Waals surface area contributed by atoms with Crippen molar-refractivity contribution in [2.45, 2.75) is 44.2 Å². The van der Waals surface area contributed by atoms with Gasteiger partial charge >= 0.3 is 0 Å². The molecule has 0 aromatic heterocycles. The van der Waals surface area contributed by atoms with Crippen LogP contribution in [-0.4, -0.2) is 23.6 Å². The largest absolute Gasteiger partial charge is 0.328 e. The SMILES string of the molecule is Cl.N[C@H]1CC[C@@H](C(=O)N2OCC[C@H]2c2ccc(Cl)cc2)CC1. The van der Waals surface area contributed by atoms with Crippen molar-refractivity contribution in [2.24, 2.45) is 11.7 Å². The van der Waals surface area contributed by atoms with E-state index < -0.39 is 0 Å².